The van der Waals surface area contributed by atoms with Crippen LogP contribution in [0.3, 0.4) is 0 Å². The fourth-order valence-electron chi connectivity index (χ4n) is 1.06. The van der Waals surface area contributed by atoms with Gasteiger partial charge in [-0.15, -0.1) is 0 Å². The second-order valence-corrected chi connectivity index (χ2v) is 3.54. The molecule has 0 radical (unpaired) electrons. The Bertz CT molecular complexity index is 402. The van der Waals surface area contributed by atoms with E-state index in [9.17, 15) is 8.78 Å². The minimum Gasteiger partial charge on any atom is -0.409 e. The monoisotopic (exact) mass is 249 g/mol. The molecule has 16 heavy (non-hydrogen) atoms. The zero-order valence-electron chi connectivity index (χ0n) is 8.34. The first-order valence-corrected chi connectivity index (χ1v) is 4.72. The summed E-state index contributed by atoms with van der Waals surface area (Å²) in [7, 11) is 0. The molecule has 0 saturated carbocycles. The molecule has 0 aliphatic carbocycles. The number of benzene rings is 1. The van der Waals surface area contributed by atoms with Gasteiger partial charge in [0.2, 0.25) is 0 Å². The number of halogens is 3. The Kier molecular flexibility index (Phi) is 3.89. The zero-order chi connectivity index (χ0) is 12.3. The molecule has 1 aromatic carbocycles. The van der Waals surface area contributed by atoms with Crippen LogP contribution in [-0.4, -0.2) is 17.1 Å². The maximum atomic E-state index is 13.3. The van der Waals surface area contributed by atoms with E-state index in [1.807, 2.05) is 0 Å². The summed E-state index contributed by atoms with van der Waals surface area (Å²) in [5.74, 6) is -1.76. The van der Waals surface area contributed by atoms with Gasteiger partial charge in [-0.3, -0.25) is 0 Å². The number of nitrogens with zero attached hydrogens (tertiary/aromatic N) is 1. The molecule has 1 atom stereocenters. The van der Waals surface area contributed by atoms with Crippen LogP contribution < -0.4 is 11.1 Å². The van der Waals surface area contributed by atoms with Gasteiger partial charge in [0.05, 0.1) is 16.8 Å². The van der Waals surface area contributed by atoms with Crippen molar-refractivity contribution in [3.05, 3.63) is 28.8 Å². The van der Waals surface area contributed by atoms with Crippen molar-refractivity contribution in [1.29, 1.82) is 0 Å². The third-order valence-electron chi connectivity index (χ3n) is 1.93. The lowest BCUT2D eigenvalue weighted by atomic mass is 10.2. The fraction of sp³-hybridized carbons (Fsp3) is 0.222. The third kappa shape index (κ3) is 2.73. The predicted molar refractivity (Wildman–Crippen MR) is 57.9 cm³/mol. The van der Waals surface area contributed by atoms with Gasteiger partial charge in [0.15, 0.2) is 11.7 Å². The fourth-order valence-corrected chi connectivity index (χ4v) is 1.31. The lowest BCUT2D eigenvalue weighted by molar-refractivity contribution is 0.316. The summed E-state index contributed by atoms with van der Waals surface area (Å²) in [4.78, 5) is 0. The van der Waals surface area contributed by atoms with Crippen molar-refractivity contribution in [2.24, 2.45) is 10.9 Å². The highest BCUT2D eigenvalue weighted by Gasteiger charge is 2.14. The Morgan fingerprint density at radius 3 is 2.69 bits per heavy atom. The van der Waals surface area contributed by atoms with Gasteiger partial charge >= 0.3 is 0 Å². The highest BCUT2D eigenvalue weighted by Crippen LogP contribution is 2.26. The molecule has 0 heterocycles. The first-order valence-electron chi connectivity index (χ1n) is 4.34. The van der Waals surface area contributed by atoms with E-state index < -0.39 is 17.7 Å². The van der Waals surface area contributed by atoms with E-state index >= 15 is 0 Å². The summed E-state index contributed by atoms with van der Waals surface area (Å²) in [5, 5.41) is 13.6. The van der Waals surface area contributed by atoms with Crippen LogP contribution >= 0.6 is 11.6 Å². The zero-order valence-corrected chi connectivity index (χ0v) is 9.09. The van der Waals surface area contributed by atoms with Crippen LogP contribution in [0.4, 0.5) is 14.5 Å². The second-order valence-electron chi connectivity index (χ2n) is 3.14. The average Bonchev–Trinajstić information content (AvgIpc) is 2.21. The molecule has 1 aromatic rings. The number of rotatable bonds is 3. The van der Waals surface area contributed by atoms with Gasteiger partial charge in [-0.2, -0.15) is 0 Å². The van der Waals surface area contributed by atoms with Crippen LogP contribution in [0.1, 0.15) is 6.92 Å². The van der Waals surface area contributed by atoms with Gasteiger partial charge in [0, 0.05) is 6.07 Å². The van der Waals surface area contributed by atoms with Crippen LogP contribution in [0.15, 0.2) is 17.3 Å². The average molecular weight is 250 g/mol. The van der Waals surface area contributed by atoms with E-state index in [-0.39, 0.29) is 16.5 Å². The molecule has 0 amide bonds. The molecular formula is C9H10ClF2N3O. The second kappa shape index (κ2) is 4.98. The van der Waals surface area contributed by atoms with Gasteiger partial charge in [0.1, 0.15) is 5.82 Å². The Balaban J connectivity index is 2.98. The summed E-state index contributed by atoms with van der Waals surface area (Å²) < 4.78 is 26.0. The highest BCUT2D eigenvalue weighted by atomic mass is 35.5. The standard InChI is InChI=1S/C9H10ClF2N3O/c1-4(9(13)15-16)14-8-6(10)2-5(11)3-7(8)12/h2-4,14,16H,1H3,(H2,13,15). The van der Waals surface area contributed by atoms with Gasteiger partial charge in [-0.1, -0.05) is 16.8 Å². The van der Waals surface area contributed by atoms with Crippen molar-refractivity contribution in [3.8, 4) is 0 Å². The molecule has 1 rings (SSSR count). The molecule has 1 unspecified atom stereocenters. The van der Waals surface area contributed by atoms with E-state index in [4.69, 9.17) is 22.5 Å². The number of hydrogen-bond acceptors (Lipinski definition) is 3. The minimum absolute atomic E-state index is 0.0952. The Hall–Kier alpha value is -1.56. The van der Waals surface area contributed by atoms with Crippen LogP contribution in [0.25, 0.3) is 0 Å². The number of nitrogens with two attached hydrogens (primary N) is 1. The summed E-state index contributed by atoms with van der Waals surface area (Å²) in [6.07, 6.45) is 0. The third-order valence-corrected chi connectivity index (χ3v) is 2.22. The van der Waals surface area contributed by atoms with E-state index in [0.717, 1.165) is 6.07 Å². The molecule has 0 aromatic heterocycles. The molecule has 0 bridgehead atoms. The first kappa shape index (κ1) is 12.5. The topological polar surface area (TPSA) is 70.6 Å². The summed E-state index contributed by atoms with van der Waals surface area (Å²) in [6, 6.07) is 1.02. The normalized spacial score (nSPS) is 13.6. The first-order chi connectivity index (χ1) is 7.45. The van der Waals surface area contributed by atoms with E-state index in [2.05, 4.69) is 10.5 Å². The number of hydrogen-bond donors (Lipinski definition) is 3. The van der Waals surface area contributed by atoms with Crippen LogP contribution in [0.2, 0.25) is 5.02 Å². The smallest absolute Gasteiger partial charge is 0.161 e. The van der Waals surface area contributed by atoms with Gasteiger partial charge < -0.3 is 16.3 Å². The Morgan fingerprint density at radius 2 is 2.19 bits per heavy atom. The molecule has 7 heteroatoms. The van der Waals surface area contributed by atoms with Crippen molar-refractivity contribution >= 4 is 23.1 Å². The van der Waals surface area contributed by atoms with Crippen LogP contribution in [-0.2, 0) is 0 Å². The molecular weight excluding hydrogens is 240 g/mol. The number of amidine groups is 1. The van der Waals surface area contributed by atoms with Crippen molar-refractivity contribution in [2.45, 2.75) is 13.0 Å². The SMILES string of the molecule is CC(Nc1c(F)cc(F)cc1Cl)C(N)=NO. The van der Waals surface area contributed by atoms with E-state index in [0.29, 0.717) is 6.07 Å². The largest absolute Gasteiger partial charge is 0.409 e. The maximum absolute atomic E-state index is 13.3. The van der Waals surface area contributed by atoms with E-state index in [1.165, 1.54) is 6.92 Å². The van der Waals surface area contributed by atoms with Crippen LogP contribution in [0, 0.1) is 11.6 Å². The Morgan fingerprint density at radius 1 is 1.56 bits per heavy atom. The van der Waals surface area contributed by atoms with Gasteiger partial charge in [-0.05, 0) is 13.0 Å². The number of anilines is 1. The molecule has 0 aliphatic rings. The highest BCUT2D eigenvalue weighted by molar-refractivity contribution is 6.33. The molecule has 4 nitrogen and oxygen atoms in total. The summed E-state index contributed by atoms with van der Waals surface area (Å²) in [6.45, 7) is 1.54. The van der Waals surface area contributed by atoms with Gasteiger partial charge in [0.25, 0.3) is 0 Å². The molecule has 0 spiro atoms. The van der Waals surface area contributed by atoms with Crippen molar-refractivity contribution in [3.63, 3.8) is 0 Å². The molecule has 0 saturated heterocycles. The van der Waals surface area contributed by atoms with Crippen LogP contribution in [0.5, 0.6) is 0 Å². The summed E-state index contributed by atoms with van der Waals surface area (Å²) in [5.41, 5.74) is 5.20. The number of oxime groups is 1. The van der Waals surface area contributed by atoms with E-state index in [1.54, 1.807) is 0 Å². The predicted octanol–water partition coefficient (Wildman–Crippen LogP) is 2.17. The lowest BCUT2D eigenvalue weighted by Gasteiger charge is -2.15. The maximum Gasteiger partial charge on any atom is 0.161 e. The molecule has 0 aliphatic heterocycles. The van der Waals surface area contributed by atoms with Crippen molar-refractivity contribution < 1.29 is 14.0 Å². The molecule has 0 fully saturated rings. The Labute approximate surface area is 95.7 Å². The van der Waals surface area contributed by atoms with Gasteiger partial charge in [-0.25, -0.2) is 8.78 Å². The summed E-state index contributed by atoms with van der Waals surface area (Å²) >= 11 is 5.64. The van der Waals surface area contributed by atoms with Crippen molar-refractivity contribution in [1.82, 2.24) is 0 Å². The molecule has 88 valence electrons. The minimum atomic E-state index is -0.845. The molecule has 4 N–H and O–H groups in total. The van der Waals surface area contributed by atoms with Crippen molar-refractivity contribution in [2.75, 3.05) is 5.32 Å². The lowest BCUT2D eigenvalue weighted by Crippen LogP contribution is -2.33. The quantitative estimate of drug-likeness (QED) is 0.333. The number of nitrogens with one attached hydrogen (secondary N) is 1.